The first kappa shape index (κ1) is 21.3. The van der Waals surface area contributed by atoms with Crippen molar-refractivity contribution in [2.45, 2.75) is 13.0 Å². The predicted octanol–water partition coefficient (Wildman–Crippen LogP) is -0.127. The Labute approximate surface area is 168 Å². The average molecular weight is 429 g/mol. The molecule has 0 aromatic heterocycles. The Morgan fingerprint density at radius 3 is 2.76 bits per heavy atom. The van der Waals surface area contributed by atoms with Crippen LogP contribution in [0.4, 0.5) is 20.6 Å². The maximum Gasteiger partial charge on any atom is 0.414 e. The molecule has 29 heavy (non-hydrogen) atoms. The molecular formula is C17H24FN5O5S. The van der Waals surface area contributed by atoms with Gasteiger partial charge in [-0.15, -0.1) is 4.41 Å². The number of ether oxygens (including phenoxy) is 1. The van der Waals surface area contributed by atoms with Crippen molar-refractivity contribution in [3.05, 3.63) is 24.0 Å². The van der Waals surface area contributed by atoms with E-state index in [2.05, 4.69) is 10.7 Å². The second-order valence-corrected chi connectivity index (χ2v) is 8.83. The Morgan fingerprint density at radius 2 is 2.10 bits per heavy atom. The second kappa shape index (κ2) is 8.51. The highest BCUT2D eigenvalue weighted by Gasteiger charge is 2.33. The molecule has 1 atom stereocenters. The minimum atomic E-state index is -3.39. The molecule has 0 spiro atoms. The standard InChI is InChI=1S/C17H24FN5O5S/c1-12(24)19-10-14-11-22(17(25)28-14)13-3-4-16(15(18)9-13)21-6-5-20-23(8-7-21)29(2,26)27/h3-4,9,14,20H,5-8,10-11H2,1-2H3,(H,19,24)/t14-/m0/s1. The lowest BCUT2D eigenvalue weighted by Gasteiger charge is -2.24. The maximum absolute atomic E-state index is 14.8. The summed E-state index contributed by atoms with van der Waals surface area (Å²) in [7, 11) is -3.39. The van der Waals surface area contributed by atoms with Gasteiger partial charge in [0.05, 0.1) is 30.7 Å². The molecule has 2 aliphatic rings. The summed E-state index contributed by atoms with van der Waals surface area (Å²) < 4.78 is 44.5. The summed E-state index contributed by atoms with van der Waals surface area (Å²) >= 11 is 0. The van der Waals surface area contributed by atoms with E-state index in [1.807, 2.05) is 0 Å². The molecule has 2 fully saturated rings. The van der Waals surface area contributed by atoms with Crippen LogP contribution in [0.1, 0.15) is 6.92 Å². The van der Waals surface area contributed by atoms with Crippen LogP contribution in [0.25, 0.3) is 0 Å². The van der Waals surface area contributed by atoms with E-state index in [1.54, 1.807) is 17.0 Å². The summed E-state index contributed by atoms with van der Waals surface area (Å²) in [6, 6.07) is 4.44. The number of carbonyl (C=O) groups is 2. The van der Waals surface area contributed by atoms with Crippen molar-refractivity contribution in [2.75, 3.05) is 55.3 Å². The highest BCUT2D eigenvalue weighted by atomic mass is 32.2. The van der Waals surface area contributed by atoms with E-state index in [0.717, 1.165) is 10.7 Å². The molecule has 10 nitrogen and oxygen atoms in total. The van der Waals surface area contributed by atoms with E-state index in [9.17, 15) is 22.4 Å². The van der Waals surface area contributed by atoms with Crippen molar-refractivity contribution in [3.8, 4) is 0 Å². The van der Waals surface area contributed by atoms with Gasteiger partial charge in [0.2, 0.25) is 15.9 Å². The van der Waals surface area contributed by atoms with Crippen LogP contribution in [0.5, 0.6) is 0 Å². The smallest absolute Gasteiger partial charge is 0.414 e. The maximum atomic E-state index is 14.8. The molecule has 0 saturated carbocycles. The van der Waals surface area contributed by atoms with Gasteiger partial charge in [0.1, 0.15) is 11.9 Å². The highest BCUT2D eigenvalue weighted by Crippen LogP contribution is 2.28. The lowest BCUT2D eigenvalue weighted by atomic mass is 10.2. The van der Waals surface area contributed by atoms with Crippen molar-refractivity contribution >= 4 is 33.4 Å². The van der Waals surface area contributed by atoms with Crippen LogP contribution in [0.15, 0.2) is 18.2 Å². The fourth-order valence-electron chi connectivity index (χ4n) is 3.25. The molecule has 1 aromatic carbocycles. The fourth-order valence-corrected chi connectivity index (χ4v) is 3.99. The van der Waals surface area contributed by atoms with Crippen LogP contribution in [0, 0.1) is 5.82 Å². The summed E-state index contributed by atoms with van der Waals surface area (Å²) in [5.74, 6) is -0.746. The molecule has 12 heteroatoms. The molecular weight excluding hydrogens is 405 g/mol. The summed E-state index contributed by atoms with van der Waals surface area (Å²) in [5.41, 5.74) is 3.49. The number of hydrogen-bond donors (Lipinski definition) is 2. The molecule has 2 heterocycles. The van der Waals surface area contributed by atoms with Crippen molar-refractivity contribution < 1.29 is 27.1 Å². The molecule has 1 aromatic rings. The minimum absolute atomic E-state index is 0.184. The number of sulfonamides is 1. The van der Waals surface area contributed by atoms with E-state index >= 15 is 0 Å². The third kappa shape index (κ3) is 5.14. The number of anilines is 2. The molecule has 2 aliphatic heterocycles. The normalized spacial score (nSPS) is 21.1. The Balaban J connectivity index is 1.69. The topological polar surface area (TPSA) is 111 Å². The molecule has 0 unspecified atom stereocenters. The van der Waals surface area contributed by atoms with Crippen molar-refractivity contribution in [3.63, 3.8) is 0 Å². The quantitative estimate of drug-likeness (QED) is 0.671. The highest BCUT2D eigenvalue weighted by molar-refractivity contribution is 7.88. The Morgan fingerprint density at radius 1 is 1.34 bits per heavy atom. The third-order valence-corrected chi connectivity index (χ3v) is 5.79. The van der Waals surface area contributed by atoms with Gasteiger partial charge in [-0.05, 0) is 18.2 Å². The van der Waals surface area contributed by atoms with Gasteiger partial charge in [-0.25, -0.2) is 23.0 Å². The summed E-state index contributed by atoms with van der Waals surface area (Å²) in [4.78, 5) is 26.2. The van der Waals surface area contributed by atoms with E-state index in [0.29, 0.717) is 31.0 Å². The number of hydrazine groups is 1. The van der Waals surface area contributed by atoms with Crippen LogP contribution in [0.2, 0.25) is 0 Å². The van der Waals surface area contributed by atoms with Crippen LogP contribution in [-0.4, -0.2) is 76.5 Å². The zero-order valence-electron chi connectivity index (χ0n) is 16.2. The van der Waals surface area contributed by atoms with Crippen molar-refractivity contribution in [2.24, 2.45) is 0 Å². The molecule has 0 radical (unpaired) electrons. The van der Waals surface area contributed by atoms with E-state index in [4.69, 9.17) is 4.74 Å². The molecule has 2 amide bonds. The summed E-state index contributed by atoms with van der Waals surface area (Å²) in [6.45, 7) is 3.04. The largest absolute Gasteiger partial charge is 0.442 e. The first-order valence-corrected chi connectivity index (χ1v) is 11.0. The lowest BCUT2D eigenvalue weighted by molar-refractivity contribution is -0.119. The SMILES string of the molecule is CC(=O)NC[C@H]1CN(c2ccc(N3CCNN(S(C)(=O)=O)CC3)c(F)c2)C(=O)O1. The zero-order chi connectivity index (χ0) is 21.2. The number of rotatable bonds is 5. The number of hydrogen-bond acceptors (Lipinski definition) is 7. The van der Waals surface area contributed by atoms with Gasteiger partial charge >= 0.3 is 6.09 Å². The number of carbonyl (C=O) groups excluding carboxylic acids is 2. The van der Waals surface area contributed by atoms with Crippen molar-refractivity contribution in [1.29, 1.82) is 0 Å². The number of halogens is 1. The third-order valence-electron chi connectivity index (χ3n) is 4.68. The number of amides is 2. The Bertz CT molecular complexity index is 896. The number of nitrogens with zero attached hydrogens (tertiary/aromatic N) is 3. The van der Waals surface area contributed by atoms with Gasteiger partial charge in [0, 0.05) is 33.1 Å². The van der Waals surface area contributed by atoms with Gasteiger partial charge in [-0.1, -0.05) is 0 Å². The van der Waals surface area contributed by atoms with E-state index in [1.165, 1.54) is 17.9 Å². The Hall–Kier alpha value is -2.44. The minimum Gasteiger partial charge on any atom is -0.442 e. The molecule has 0 aliphatic carbocycles. The Kier molecular flexibility index (Phi) is 6.24. The summed E-state index contributed by atoms with van der Waals surface area (Å²) in [6.07, 6.45) is 0.00221. The molecule has 3 rings (SSSR count). The first-order valence-electron chi connectivity index (χ1n) is 9.13. The van der Waals surface area contributed by atoms with Crippen LogP contribution in [-0.2, 0) is 19.6 Å². The van der Waals surface area contributed by atoms with Gasteiger partial charge in [0.15, 0.2) is 0 Å². The number of cyclic esters (lactones) is 1. The van der Waals surface area contributed by atoms with E-state index in [-0.39, 0.29) is 25.5 Å². The fraction of sp³-hybridized carbons (Fsp3) is 0.529. The van der Waals surface area contributed by atoms with Gasteiger partial charge in [-0.3, -0.25) is 9.69 Å². The van der Waals surface area contributed by atoms with Gasteiger partial charge < -0.3 is 15.0 Å². The van der Waals surface area contributed by atoms with Crippen LogP contribution in [0.3, 0.4) is 0 Å². The van der Waals surface area contributed by atoms with Gasteiger partial charge in [-0.2, -0.15) is 0 Å². The average Bonchev–Trinajstić information content (AvgIpc) is 2.84. The monoisotopic (exact) mass is 429 g/mol. The zero-order valence-corrected chi connectivity index (χ0v) is 17.0. The first-order chi connectivity index (χ1) is 13.6. The van der Waals surface area contributed by atoms with Crippen LogP contribution < -0.4 is 20.5 Å². The lowest BCUT2D eigenvalue weighted by Crippen LogP contribution is -2.42. The number of nitrogens with one attached hydrogen (secondary N) is 2. The molecule has 2 N–H and O–H groups in total. The summed E-state index contributed by atoms with van der Waals surface area (Å²) in [5, 5.41) is 2.59. The molecule has 2 saturated heterocycles. The van der Waals surface area contributed by atoms with Crippen molar-refractivity contribution in [1.82, 2.24) is 15.2 Å². The molecule has 160 valence electrons. The van der Waals surface area contributed by atoms with Gasteiger partial charge in [0.25, 0.3) is 0 Å². The number of benzene rings is 1. The molecule has 0 bridgehead atoms. The second-order valence-electron chi connectivity index (χ2n) is 6.92. The van der Waals surface area contributed by atoms with E-state index < -0.39 is 28.0 Å². The van der Waals surface area contributed by atoms with Crippen LogP contribution >= 0.6 is 0 Å². The predicted molar refractivity (Wildman–Crippen MR) is 104 cm³/mol.